The highest BCUT2D eigenvalue weighted by atomic mass is 32.1. The molecule has 0 aliphatic heterocycles. The Kier molecular flexibility index (Phi) is 6.55. The van der Waals surface area contributed by atoms with E-state index in [0.29, 0.717) is 0 Å². The molecule has 0 saturated carbocycles. The molecule has 0 bridgehead atoms. The summed E-state index contributed by atoms with van der Waals surface area (Å²) < 4.78 is 10.4. The van der Waals surface area contributed by atoms with Gasteiger partial charge in [-0.25, -0.2) is 0 Å². The van der Waals surface area contributed by atoms with Gasteiger partial charge in [0.05, 0.1) is 16.4 Å². The number of benzene rings is 7. The van der Waals surface area contributed by atoms with E-state index in [0.717, 1.165) is 73.9 Å². The van der Waals surface area contributed by atoms with Crippen molar-refractivity contribution >= 4 is 88.3 Å². The first-order chi connectivity index (χ1) is 25.8. The smallest absolute Gasteiger partial charge is 0.145 e. The molecule has 0 amide bonds. The van der Waals surface area contributed by atoms with Gasteiger partial charge < -0.3 is 13.9 Å². The number of rotatable bonds is 5. The van der Waals surface area contributed by atoms with E-state index in [4.69, 9.17) is 4.42 Å². The number of aromatic nitrogens is 1. The fraction of sp³-hybridized carbons (Fsp3) is 0.0417. The van der Waals surface area contributed by atoms with Gasteiger partial charge in [0.25, 0.3) is 0 Å². The summed E-state index contributed by atoms with van der Waals surface area (Å²) in [6.07, 6.45) is 6.82. The predicted octanol–water partition coefficient (Wildman–Crippen LogP) is 14.0. The van der Waals surface area contributed by atoms with E-state index in [9.17, 15) is 0 Å². The maximum Gasteiger partial charge on any atom is 0.145 e. The molecule has 1 aliphatic rings. The Morgan fingerprint density at radius 1 is 0.577 bits per heavy atom. The molecule has 10 aromatic rings. The zero-order valence-corrected chi connectivity index (χ0v) is 29.1. The topological polar surface area (TPSA) is 21.3 Å². The summed E-state index contributed by atoms with van der Waals surface area (Å²) in [6.45, 7) is 0. The summed E-state index contributed by atoms with van der Waals surface area (Å²) in [4.78, 5) is 3.76. The Labute approximate surface area is 304 Å². The lowest BCUT2D eigenvalue weighted by atomic mass is 9.97. The zero-order valence-electron chi connectivity index (χ0n) is 28.3. The van der Waals surface area contributed by atoms with Crippen LogP contribution in [0.25, 0.3) is 76.7 Å². The summed E-state index contributed by atoms with van der Waals surface area (Å²) in [6, 6.07) is 57.0. The maximum absolute atomic E-state index is 6.66. The first kappa shape index (κ1) is 29.4. The molecular weight excluding hydrogens is 653 g/mol. The van der Waals surface area contributed by atoms with Crippen LogP contribution in [-0.2, 0) is 6.42 Å². The Bertz CT molecular complexity index is 2980. The third-order valence-electron chi connectivity index (χ3n) is 10.6. The number of furan rings is 1. The van der Waals surface area contributed by atoms with Crippen LogP contribution in [0.5, 0.6) is 0 Å². The van der Waals surface area contributed by atoms with Gasteiger partial charge in [-0.2, -0.15) is 0 Å². The van der Waals surface area contributed by atoms with Crippen molar-refractivity contribution in [3.8, 4) is 16.8 Å². The van der Waals surface area contributed by atoms with Crippen LogP contribution in [0.15, 0.2) is 168 Å². The van der Waals surface area contributed by atoms with E-state index in [2.05, 4.69) is 173 Å². The normalized spacial score (nSPS) is 12.8. The van der Waals surface area contributed by atoms with Crippen LogP contribution in [0.1, 0.15) is 16.9 Å². The van der Waals surface area contributed by atoms with Gasteiger partial charge in [-0.15, -0.1) is 11.3 Å². The largest absolute Gasteiger partial charge is 0.455 e. The van der Waals surface area contributed by atoms with Gasteiger partial charge in [0.2, 0.25) is 0 Å². The van der Waals surface area contributed by atoms with Crippen molar-refractivity contribution in [3.05, 3.63) is 174 Å². The van der Waals surface area contributed by atoms with Crippen molar-refractivity contribution in [2.75, 3.05) is 4.90 Å². The van der Waals surface area contributed by atoms with Gasteiger partial charge in [0.1, 0.15) is 11.2 Å². The molecule has 4 heteroatoms. The zero-order chi connectivity index (χ0) is 34.2. The van der Waals surface area contributed by atoms with Crippen molar-refractivity contribution in [1.29, 1.82) is 0 Å². The predicted molar refractivity (Wildman–Crippen MR) is 221 cm³/mol. The average Bonchev–Trinajstić information content (AvgIpc) is 3.88. The van der Waals surface area contributed by atoms with Crippen LogP contribution in [0.4, 0.5) is 17.1 Å². The lowest BCUT2D eigenvalue weighted by Crippen LogP contribution is -2.10. The monoisotopic (exact) mass is 684 g/mol. The first-order valence-corrected chi connectivity index (χ1v) is 18.7. The van der Waals surface area contributed by atoms with Crippen LogP contribution in [0.2, 0.25) is 0 Å². The quantitative estimate of drug-likeness (QED) is 0.180. The summed E-state index contributed by atoms with van der Waals surface area (Å²) >= 11 is 1.92. The van der Waals surface area contributed by atoms with E-state index in [1.807, 2.05) is 17.4 Å². The summed E-state index contributed by atoms with van der Waals surface area (Å²) in [7, 11) is 0. The van der Waals surface area contributed by atoms with Gasteiger partial charge in [-0.1, -0.05) is 97.1 Å². The van der Waals surface area contributed by atoms with E-state index < -0.39 is 0 Å². The molecular formula is C48H32N2OS. The van der Waals surface area contributed by atoms with Crippen molar-refractivity contribution < 1.29 is 4.42 Å². The standard InChI is InChI=1S/C48H32N2OS/c1-3-14-32(15-4-1)49(33-16-5-2-6-17-33)34-28-31(36-21-13-22-40-38-19-9-12-25-45(38)52-48(36)40)29-35(30-34)50-42-23-10-7-20-41(42)46-43(50)27-26-39-37-18-8-11-24-44(37)51-47(39)46/h1-8,10-18,20-30H,9,19H2. The minimum Gasteiger partial charge on any atom is -0.455 e. The highest BCUT2D eigenvalue weighted by Gasteiger charge is 2.22. The van der Waals surface area contributed by atoms with E-state index in [1.165, 1.54) is 37.0 Å². The molecule has 7 aromatic carbocycles. The summed E-state index contributed by atoms with van der Waals surface area (Å²) in [5.74, 6) is 0. The van der Waals surface area contributed by atoms with Crippen molar-refractivity contribution in [2.45, 2.75) is 12.8 Å². The number of hydrogen-bond donors (Lipinski definition) is 0. The van der Waals surface area contributed by atoms with Gasteiger partial charge in [-0.05, 0) is 108 Å². The maximum atomic E-state index is 6.66. The van der Waals surface area contributed by atoms with Crippen LogP contribution in [-0.4, -0.2) is 4.57 Å². The van der Waals surface area contributed by atoms with Crippen LogP contribution in [0, 0.1) is 0 Å². The molecule has 0 N–H and O–H groups in total. The van der Waals surface area contributed by atoms with E-state index >= 15 is 0 Å². The average molecular weight is 685 g/mol. The lowest BCUT2D eigenvalue weighted by molar-refractivity contribution is 0.673. The number of fused-ring (bicyclic) bond motifs is 10. The molecule has 0 fully saturated rings. The van der Waals surface area contributed by atoms with Crippen molar-refractivity contribution in [2.24, 2.45) is 0 Å². The van der Waals surface area contributed by atoms with Crippen molar-refractivity contribution in [3.63, 3.8) is 0 Å². The third-order valence-corrected chi connectivity index (χ3v) is 11.9. The SMILES string of the molecule is C1=Cc2sc3c(-c4cc(N(c5ccccc5)c5ccccc5)cc(-n5c6ccccc6c6c7oc8ccccc8c7ccc65)c4)cccc3c2CC1. The molecule has 0 radical (unpaired) electrons. The molecule has 3 nitrogen and oxygen atoms in total. The molecule has 11 rings (SSSR count). The number of aryl methyl sites for hydroxylation is 1. The van der Waals surface area contributed by atoms with Crippen LogP contribution in [0.3, 0.4) is 0 Å². The third kappa shape index (κ3) is 4.44. The van der Waals surface area contributed by atoms with Gasteiger partial charge in [0.15, 0.2) is 0 Å². The second kappa shape index (κ2) is 11.6. The Hall–Kier alpha value is -6.36. The van der Waals surface area contributed by atoms with Crippen LogP contribution < -0.4 is 4.90 Å². The molecule has 246 valence electrons. The molecule has 3 aromatic heterocycles. The number of anilines is 3. The van der Waals surface area contributed by atoms with E-state index in [-0.39, 0.29) is 0 Å². The molecule has 52 heavy (non-hydrogen) atoms. The number of allylic oxidation sites excluding steroid dienone is 1. The number of thiophene rings is 1. The Morgan fingerprint density at radius 2 is 1.31 bits per heavy atom. The summed E-state index contributed by atoms with van der Waals surface area (Å²) in [5.41, 5.74) is 12.5. The van der Waals surface area contributed by atoms with Gasteiger partial charge in [0, 0.05) is 48.5 Å². The second-order valence-electron chi connectivity index (χ2n) is 13.6. The van der Waals surface area contributed by atoms with Gasteiger partial charge >= 0.3 is 0 Å². The second-order valence-corrected chi connectivity index (χ2v) is 14.7. The van der Waals surface area contributed by atoms with Gasteiger partial charge in [-0.3, -0.25) is 0 Å². The highest BCUT2D eigenvalue weighted by molar-refractivity contribution is 7.20. The molecule has 3 heterocycles. The minimum atomic E-state index is 0.911. The molecule has 0 saturated heterocycles. The fourth-order valence-electron chi connectivity index (χ4n) is 8.35. The van der Waals surface area contributed by atoms with E-state index in [1.54, 1.807) is 0 Å². The number of para-hydroxylation sites is 4. The summed E-state index contributed by atoms with van der Waals surface area (Å²) in [5, 5.41) is 5.97. The molecule has 1 aliphatic carbocycles. The minimum absolute atomic E-state index is 0.911. The Morgan fingerprint density at radius 3 is 2.13 bits per heavy atom. The van der Waals surface area contributed by atoms with Crippen molar-refractivity contribution in [1.82, 2.24) is 4.57 Å². The van der Waals surface area contributed by atoms with Crippen LogP contribution >= 0.6 is 11.3 Å². The number of nitrogens with zero attached hydrogens (tertiary/aromatic N) is 2. The molecule has 0 atom stereocenters. The first-order valence-electron chi connectivity index (χ1n) is 17.9. The fourth-order valence-corrected chi connectivity index (χ4v) is 9.67. The highest BCUT2D eigenvalue weighted by Crippen LogP contribution is 2.46. The number of hydrogen-bond acceptors (Lipinski definition) is 3. The molecule has 0 unspecified atom stereocenters. The Balaban J connectivity index is 1.24. The lowest BCUT2D eigenvalue weighted by Gasteiger charge is -2.27. The molecule has 0 spiro atoms.